The van der Waals surface area contributed by atoms with Gasteiger partial charge in [0.15, 0.2) is 11.7 Å². The van der Waals surface area contributed by atoms with Crippen LogP contribution in [0.25, 0.3) is 0 Å². The zero-order chi connectivity index (χ0) is 12.8. The number of aliphatic hydroxyl groups excluding tert-OH is 1. The van der Waals surface area contributed by atoms with Crippen molar-refractivity contribution in [1.29, 1.82) is 0 Å². The lowest BCUT2D eigenvalue weighted by Crippen LogP contribution is -2.62. The average molecular weight is 241 g/mol. The van der Waals surface area contributed by atoms with Crippen molar-refractivity contribution in [3.05, 3.63) is 0 Å². The Kier molecular flexibility index (Phi) is 2.67. The minimum absolute atomic E-state index is 0.0692. The normalized spacial score (nSPS) is 46.6. The van der Waals surface area contributed by atoms with Gasteiger partial charge < -0.3 is 21.3 Å². The van der Waals surface area contributed by atoms with Crippen LogP contribution in [0.3, 0.4) is 0 Å². The highest BCUT2D eigenvalue weighted by Gasteiger charge is 2.51. The van der Waals surface area contributed by atoms with E-state index < -0.39 is 17.2 Å². The number of nitrogens with zero attached hydrogens (tertiary/aromatic N) is 1. The lowest BCUT2D eigenvalue weighted by atomic mass is 9.78. The smallest absolute Gasteiger partial charge is 0.189 e. The molecule has 0 radical (unpaired) electrons. The van der Waals surface area contributed by atoms with Crippen LogP contribution < -0.4 is 11.1 Å². The van der Waals surface area contributed by atoms with Crippen molar-refractivity contribution in [3.63, 3.8) is 0 Å². The van der Waals surface area contributed by atoms with E-state index in [2.05, 4.69) is 10.3 Å². The number of aliphatic hydroxyl groups is 2. The summed E-state index contributed by atoms with van der Waals surface area (Å²) in [5.74, 6) is -0.0480. The lowest BCUT2D eigenvalue weighted by Gasteiger charge is -2.39. The van der Waals surface area contributed by atoms with Crippen molar-refractivity contribution in [2.45, 2.75) is 43.9 Å². The third-order valence-electron chi connectivity index (χ3n) is 4.02. The average Bonchev–Trinajstić information content (AvgIpc) is 2.26. The van der Waals surface area contributed by atoms with Gasteiger partial charge in [0.2, 0.25) is 0 Å². The van der Waals surface area contributed by atoms with Crippen LogP contribution >= 0.6 is 0 Å². The molecule has 1 fully saturated rings. The van der Waals surface area contributed by atoms with E-state index in [1.54, 1.807) is 13.8 Å². The topological polar surface area (TPSA) is 108 Å². The Balaban J connectivity index is 2.37. The summed E-state index contributed by atoms with van der Waals surface area (Å²) in [5, 5.41) is 22.9. The second-order valence-electron chi connectivity index (χ2n) is 5.45. The molecular weight excluding hydrogens is 222 g/mol. The molecule has 0 saturated heterocycles. The van der Waals surface area contributed by atoms with Crippen molar-refractivity contribution >= 4 is 11.7 Å². The van der Waals surface area contributed by atoms with Gasteiger partial charge in [-0.25, -0.2) is 0 Å². The first kappa shape index (κ1) is 12.3. The van der Waals surface area contributed by atoms with Gasteiger partial charge in [-0.05, 0) is 20.3 Å². The summed E-state index contributed by atoms with van der Waals surface area (Å²) < 4.78 is 0. The summed E-state index contributed by atoms with van der Waals surface area (Å²) in [4.78, 5) is 16.2. The molecule has 1 heterocycles. The van der Waals surface area contributed by atoms with Crippen molar-refractivity contribution in [3.8, 4) is 0 Å². The molecular formula is C11H19N3O3. The van der Waals surface area contributed by atoms with Crippen LogP contribution in [-0.2, 0) is 4.79 Å². The number of nitrogens with two attached hydrogens (primary N) is 1. The molecule has 1 aliphatic heterocycles. The number of ketones is 1. The first-order valence-electron chi connectivity index (χ1n) is 5.77. The highest BCUT2D eigenvalue weighted by molar-refractivity contribution is 5.94. The molecule has 2 aliphatic rings. The van der Waals surface area contributed by atoms with Crippen molar-refractivity contribution in [2.75, 3.05) is 6.54 Å². The highest BCUT2D eigenvalue weighted by atomic mass is 16.3. The Morgan fingerprint density at radius 2 is 2.18 bits per heavy atom. The second kappa shape index (κ2) is 3.68. The number of Topliss-reactive ketones (excluding diaryl/α,β-unsaturated/α-hetero) is 1. The summed E-state index contributed by atoms with van der Waals surface area (Å²) in [6.07, 6.45) is -0.791. The largest absolute Gasteiger partial charge is 0.390 e. The van der Waals surface area contributed by atoms with E-state index in [0.717, 1.165) is 0 Å². The van der Waals surface area contributed by atoms with Gasteiger partial charge in [0.05, 0.1) is 11.7 Å². The number of carbonyl (C=O) groups is 1. The molecule has 2 rings (SSSR count). The molecule has 96 valence electrons. The molecule has 0 aromatic rings. The van der Waals surface area contributed by atoms with Gasteiger partial charge in [-0.1, -0.05) is 0 Å². The molecule has 1 aliphatic carbocycles. The molecule has 0 amide bonds. The molecule has 17 heavy (non-hydrogen) atoms. The summed E-state index contributed by atoms with van der Waals surface area (Å²) in [6.45, 7) is 3.71. The number of guanidine groups is 1. The van der Waals surface area contributed by atoms with Gasteiger partial charge in [0.25, 0.3) is 0 Å². The van der Waals surface area contributed by atoms with Crippen LogP contribution in [0.1, 0.15) is 26.7 Å². The lowest BCUT2D eigenvalue weighted by molar-refractivity contribution is -0.128. The van der Waals surface area contributed by atoms with Gasteiger partial charge in [-0.2, -0.15) is 0 Å². The number of aliphatic imine (C=N–C) groups is 1. The molecule has 0 bridgehead atoms. The van der Waals surface area contributed by atoms with E-state index in [9.17, 15) is 15.0 Å². The maximum atomic E-state index is 12.2. The summed E-state index contributed by atoms with van der Waals surface area (Å²) in [7, 11) is 0. The monoisotopic (exact) mass is 241 g/mol. The van der Waals surface area contributed by atoms with Crippen LogP contribution in [0, 0.1) is 5.92 Å². The third-order valence-corrected chi connectivity index (χ3v) is 4.02. The van der Waals surface area contributed by atoms with Gasteiger partial charge in [0.1, 0.15) is 5.54 Å². The first-order valence-corrected chi connectivity index (χ1v) is 5.77. The van der Waals surface area contributed by atoms with Crippen LogP contribution in [0.2, 0.25) is 0 Å². The zero-order valence-electron chi connectivity index (χ0n) is 10.1. The highest BCUT2D eigenvalue weighted by Crippen LogP contribution is 2.36. The fraction of sp³-hybridized carbons (Fsp3) is 0.818. The molecule has 0 aromatic carbocycles. The van der Waals surface area contributed by atoms with E-state index in [1.165, 1.54) is 0 Å². The van der Waals surface area contributed by atoms with Crippen LogP contribution in [0.4, 0.5) is 0 Å². The van der Waals surface area contributed by atoms with Gasteiger partial charge in [-0.15, -0.1) is 0 Å². The SMILES string of the molecule is C[C@]1(O)C[C@@H]2CN=C(N)N[C@]2(C)C(=O)C[C@@H]1O. The molecule has 6 nitrogen and oxygen atoms in total. The summed E-state index contributed by atoms with van der Waals surface area (Å²) in [6, 6.07) is 0. The van der Waals surface area contributed by atoms with E-state index in [0.29, 0.717) is 13.0 Å². The second-order valence-corrected chi connectivity index (χ2v) is 5.45. The van der Waals surface area contributed by atoms with E-state index in [1.807, 2.05) is 0 Å². The Morgan fingerprint density at radius 3 is 2.82 bits per heavy atom. The summed E-state index contributed by atoms with van der Waals surface area (Å²) >= 11 is 0. The van der Waals surface area contributed by atoms with Crippen LogP contribution in [0.15, 0.2) is 4.99 Å². The van der Waals surface area contributed by atoms with Gasteiger partial charge in [-0.3, -0.25) is 9.79 Å². The molecule has 0 unspecified atom stereocenters. The van der Waals surface area contributed by atoms with Crippen molar-refractivity contribution in [1.82, 2.24) is 5.32 Å². The Hall–Kier alpha value is -1.14. The van der Waals surface area contributed by atoms with Gasteiger partial charge >= 0.3 is 0 Å². The van der Waals surface area contributed by atoms with E-state index >= 15 is 0 Å². The Bertz CT molecular complexity index is 380. The number of hydrogen-bond acceptors (Lipinski definition) is 6. The minimum atomic E-state index is -1.26. The standard InChI is InChI=1S/C11H19N3O3/c1-10(17)4-6-5-13-9(12)14-11(6,2)8(16)3-7(10)15/h6-7,15,17H,3-5H2,1-2H3,(H3,12,13,14)/t6-,7+,10+,11+/m1/s1. The maximum absolute atomic E-state index is 12.2. The van der Waals surface area contributed by atoms with Gasteiger partial charge in [0, 0.05) is 18.9 Å². The number of nitrogens with one attached hydrogen (secondary N) is 1. The molecule has 6 heteroatoms. The van der Waals surface area contributed by atoms with Crippen molar-refractivity contribution in [2.24, 2.45) is 16.6 Å². The quantitative estimate of drug-likeness (QED) is 0.424. The molecule has 0 spiro atoms. The number of fused-ring (bicyclic) bond motifs is 1. The zero-order valence-corrected chi connectivity index (χ0v) is 10.1. The predicted octanol–water partition coefficient (Wildman–Crippen LogP) is -1.25. The van der Waals surface area contributed by atoms with Crippen molar-refractivity contribution < 1.29 is 15.0 Å². The fourth-order valence-electron chi connectivity index (χ4n) is 2.61. The molecule has 0 aromatic heterocycles. The third kappa shape index (κ3) is 1.91. The fourth-order valence-corrected chi connectivity index (χ4v) is 2.61. The summed E-state index contributed by atoms with van der Waals surface area (Å²) in [5.41, 5.74) is 3.50. The van der Waals surface area contributed by atoms with E-state index in [4.69, 9.17) is 5.73 Å². The van der Waals surface area contributed by atoms with E-state index in [-0.39, 0.29) is 24.1 Å². The molecule has 4 atom stereocenters. The molecule has 1 saturated carbocycles. The number of hydrogen-bond donors (Lipinski definition) is 4. The first-order chi connectivity index (χ1) is 7.75. The predicted molar refractivity (Wildman–Crippen MR) is 62.4 cm³/mol. The number of rotatable bonds is 0. The maximum Gasteiger partial charge on any atom is 0.189 e. The van der Waals surface area contributed by atoms with Crippen LogP contribution in [0.5, 0.6) is 0 Å². The molecule has 5 N–H and O–H groups in total. The number of carbonyl (C=O) groups excluding carboxylic acids is 1. The van der Waals surface area contributed by atoms with Crippen LogP contribution in [-0.4, -0.2) is 45.7 Å². The Morgan fingerprint density at radius 1 is 1.53 bits per heavy atom. The minimum Gasteiger partial charge on any atom is -0.390 e. The Labute approximate surface area is 99.9 Å².